The first kappa shape index (κ1) is 10.2. The number of aliphatic hydroxyl groups is 1. The summed E-state index contributed by atoms with van der Waals surface area (Å²) in [5.74, 6) is 0.355. The maximum atomic E-state index is 9.99. The van der Waals surface area contributed by atoms with Crippen LogP contribution in [-0.2, 0) is 16.1 Å². The van der Waals surface area contributed by atoms with Gasteiger partial charge < -0.3 is 15.7 Å². The molecule has 1 aromatic rings. The van der Waals surface area contributed by atoms with Crippen LogP contribution >= 0.6 is 0 Å². The Labute approximate surface area is 91.8 Å². The van der Waals surface area contributed by atoms with Crippen molar-refractivity contribution >= 4 is 18.1 Å². The second kappa shape index (κ2) is 4.06. The molecule has 0 aliphatic heterocycles. The van der Waals surface area contributed by atoms with Crippen molar-refractivity contribution in [2.24, 2.45) is 10.9 Å². The first-order valence-corrected chi connectivity index (χ1v) is 4.68. The summed E-state index contributed by atoms with van der Waals surface area (Å²) in [4.78, 5) is 14.2. The van der Waals surface area contributed by atoms with Crippen molar-refractivity contribution in [1.82, 2.24) is 0 Å². The number of oxime groups is 1. The Morgan fingerprint density at radius 2 is 2.38 bits per heavy atom. The molecule has 0 radical (unpaired) electrons. The third-order valence-electron chi connectivity index (χ3n) is 2.42. The highest BCUT2D eigenvalue weighted by Crippen LogP contribution is 2.27. The first-order chi connectivity index (χ1) is 7.74. The van der Waals surface area contributed by atoms with E-state index in [1.807, 2.05) is 0 Å². The predicted molar refractivity (Wildman–Crippen MR) is 58.6 cm³/mol. The fourth-order valence-electron chi connectivity index (χ4n) is 1.72. The van der Waals surface area contributed by atoms with Crippen molar-refractivity contribution in [2.45, 2.75) is 6.42 Å². The molecule has 1 aliphatic rings. The summed E-state index contributed by atoms with van der Waals surface area (Å²) in [5, 5.41) is 13.0. The minimum absolute atomic E-state index is 0.118. The van der Waals surface area contributed by atoms with Crippen LogP contribution in [0.5, 0.6) is 0 Å². The number of hydrogen-bond acceptors (Lipinski definition) is 4. The average Bonchev–Trinajstić information content (AvgIpc) is 2.68. The normalized spacial score (nSPS) is 14.2. The lowest BCUT2D eigenvalue weighted by atomic mass is 10.0. The van der Waals surface area contributed by atoms with E-state index < -0.39 is 0 Å². The summed E-state index contributed by atoms with van der Waals surface area (Å²) in [6, 6.07) is 5.32. The molecule has 82 valence electrons. The van der Waals surface area contributed by atoms with Gasteiger partial charge >= 0.3 is 6.47 Å². The van der Waals surface area contributed by atoms with Gasteiger partial charge in [-0.05, 0) is 18.1 Å². The number of fused-ring (bicyclic) bond motifs is 1. The van der Waals surface area contributed by atoms with Crippen molar-refractivity contribution in [3.8, 4) is 0 Å². The lowest BCUT2D eigenvalue weighted by Crippen LogP contribution is -2.16. The van der Waals surface area contributed by atoms with Crippen molar-refractivity contribution in [1.29, 1.82) is 0 Å². The van der Waals surface area contributed by atoms with E-state index in [-0.39, 0.29) is 18.1 Å². The van der Waals surface area contributed by atoms with Gasteiger partial charge in [-0.3, -0.25) is 4.79 Å². The van der Waals surface area contributed by atoms with Crippen LogP contribution in [0.1, 0.15) is 16.7 Å². The van der Waals surface area contributed by atoms with Gasteiger partial charge in [0.05, 0.1) is 0 Å². The Hall–Kier alpha value is -2.30. The molecule has 1 aliphatic carbocycles. The molecule has 5 heteroatoms. The number of aliphatic hydroxyl groups excluding tert-OH is 1. The SMILES string of the molecule is N/C(=N\OC=O)c1cccc2c1CC=C2O. The van der Waals surface area contributed by atoms with Gasteiger partial charge in [0, 0.05) is 11.1 Å². The van der Waals surface area contributed by atoms with E-state index in [4.69, 9.17) is 5.73 Å². The van der Waals surface area contributed by atoms with Gasteiger partial charge in [-0.2, -0.15) is 0 Å². The van der Waals surface area contributed by atoms with E-state index in [9.17, 15) is 9.90 Å². The van der Waals surface area contributed by atoms with Crippen LogP contribution in [-0.4, -0.2) is 17.4 Å². The zero-order valence-electron chi connectivity index (χ0n) is 8.38. The van der Waals surface area contributed by atoms with E-state index in [1.165, 1.54) is 0 Å². The zero-order chi connectivity index (χ0) is 11.5. The summed E-state index contributed by atoms with van der Waals surface area (Å²) in [6.45, 7) is 0.200. The Kier molecular flexibility index (Phi) is 2.59. The van der Waals surface area contributed by atoms with Crippen LogP contribution in [0.2, 0.25) is 0 Å². The summed E-state index contributed by atoms with van der Waals surface area (Å²) in [7, 11) is 0. The number of nitrogens with zero attached hydrogens (tertiary/aromatic N) is 1. The Balaban J connectivity index is 2.42. The zero-order valence-corrected chi connectivity index (χ0v) is 8.38. The minimum atomic E-state index is 0.118. The lowest BCUT2D eigenvalue weighted by molar-refractivity contribution is -0.128. The van der Waals surface area contributed by atoms with E-state index in [1.54, 1.807) is 24.3 Å². The van der Waals surface area contributed by atoms with E-state index in [2.05, 4.69) is 9.99 Å². The number of allylic oxidation sites excluding steroid dienone is 1. The van der Waals surface area contributed by atoms with E-state index in [0.717, 1.165) is 11.1 Å². The van der Waals surface area contributed by atoms with Crippen molar-refractivity contribution in [3.63, 3.8) is 0 Å². The van der Waals surface area contributed by atoms with Gasteiger partial charge in [0.15, 0.2) is 5.84 Å². The molecule has 1 aromatic carbocycles. The molecule has 16 heavy (non-hydrogen) atoms. The molecule has 0 fully saturated rings. The maximum Gasteiger partial charge on any atom is 0.323 e. The Bertz CT molecular complexity index is 492. The Morgan fingerprint density at radius 3 is 3.12 bits per heavy atom. The predicted octanol–water partition coefficient (Wildman–Crippen LogP) is 0.935. The van der Waals surface area contributed by atoms with Gasteiger partial charge in [0.1, 0.15) is 5.76 Å². The van der Waals surface area contributed by atoms with E-state index >= 15 is 0 Å². The number of rotatable bonds is 3. The fraction of sp³-hybridized carbons (Fsp3) is 0.0909. The molecule has 5 nitrogen and oxygen atoms in total. The van der Waals surface area contributed by atoms with Gasteiger partial charge in [-0.15, -0.1) is 0 Å². The number of benzene rings is 1. The summed E-state index contributed by atoms with van der Waals surface area (Å²) in [5.41, 5.74) is 7.95. The molecule has 0 unspecified atom stereocenters. The van der Waals surface area contributed by atoms with Gasteiger partial charge in [-0.1, -0.05) is 23.4 Å². The number of nitrogens with two attached hydrogens (primary N) is 1. The topological polar surface area (TPSA) is 84.9 Å². The maximum absolute atomic E-state index is 9.99. The largest absolute Gasteiger partial charge is 0.508 e. The van der Waals surface area contributed by atoms with Crippen LogP contribution < -0.4 is 5.73 Å². The molecule has 0 spiro atoms. The van der Waals surface area contributed by atoms with Crippen LogP contribution in [0.4, 0.5) is 0 Å². The summed E-state index contributed by atoms with van der Waals surface area (Å²) in [6.07, 6.45) is 2.29. The quantitative estimate of drug-likeness (QED) is 0.260. The highest BCUT2D eigenvalue weighted by molar-refractivity contribution is 6.00. The molecule has 2 rings (SSSR count). The second-order valence-electron chi connectivity index (χ2n) is 3.30. The molecule has 0 heterocycles. The third kappa shape index (κ3) is 1.63. The van der Waals surface area contributed by atoms with Crippen LogP contribution in [0, 0.1) is 0 Å². The van der Waals surface area contributed by atoms with Gasteiger partial charge in [0.2, 0.25) is 0 Å². The van der Waals surface area contributed by atoms with Crippen molar-refractivity contribution in [3.05, 3.63) is 41.0 Å². The molecular weight excluding hydrogens is 208 g/mol. The number of carbonyl (C=O) groups is 1. The average molecular weight is 218 g/mol. The number of hydrogen-bond donors (Lipinski definition) is 2. The minimum Gasteiger partial charge on any atom is -0.508 e. The lowest BCUT2D eigenvalue weighted by Gasteiger charge is -2.06. The molecular formula is C11H10N2O3. The number of carbonyl (C=O) groups excluding carboxylic acids is 1. The van der Waals surface area contributed by atoms with Gasteiger partial charge in [-0.25, -0.2) is 0 Å². The Morgan fingerprint density at radius 1 is 1.56 bits per heavy atom. The molecule has 0 bridgehead atoms. The van der Waals surface area contributed by atoms with Crippen molar-refractivity contribution < 1.29 is 14.7 Å². The molecule has 0 atom stereocenters. The highest BCUT2D eigenvalue weighted by Gasteiger charge is 2.18. The molecule has 0 aromatic heterocycles. The molecule has 0 amide bonds. The first-order valence-electron chi connectivity index (χ1n) is 4.68. The number of amidine groups is 1. The fourth-order valence-corrected chi connectivity index (χ4v) is 1.72. The van der Waals surface area contributed by atoms with Gasteiger partial charge in [0.25, 0.3) is 0 Å². The second-order valence-corrected chi connectivity index (χ2v) is 3.30. The van der Waals surface area contributed by atoms with E-state index in [0.29, 0.717) is 12.0 Å². The monoisotopic (exact) mass is 218 g/mol. The summed E-state index contributed by atoms with van der Waals surface area (Å²) < 4.78 is 0. The molecule has 0 saturated carbocycles. The molecule has 0 saturated heterocycles. The van der Waals surface area contributed by atoms with Crippen LogP contribution in [0.3, 0.4) is 0 Å². The van der Waals surface area contributed by atoms with Crippen LogP contribution in [0.15, 0.2) is 29.4 Å². The van der Waals surface area contributed by atoms with Crippen LogP contribution in [0.25, 0.3) is 5.76 Å². The molecule has 3 N–H and O–H groups in total. The standard InChI is InChI=1S/C11H10N2O3/c12-11(13-16-6-14)9-3-1-2-8-7(9)4-5-10(8)15/h1-3,5-6,15H,4H2,(H2,12,13). The highest BCUT2D eigenvalue weighted by atomic mass is 16.7. The smallest absolute Gasteiger partial charge is 0.323 e. The van der Waals surface area contributed by atoms with Crippen molar-refractivity contribution in [2.75, 3.05) is 0 Å². The third-order valence-corrected chi connectivity index (χ3v) is 2.42. The summed E-state index contributed by atoms with van der Waals surface area (Å²) >= 11 is 0.